The van der Waals surface area contributed by atoms with Crippen molar-refractivity contribution in [3.63, 3.8) is 0 Å². The quantitative estimate of drug-likeness (QED) is 0.401. The van der Waals surface area contributed by atoms with Gasteiger partial charge in [0.05, 0.1) is 17.3 Å². The molecule has 2 aromatic carbocycles. The normalized spacial score (nSPS) is 18.5. The Morgan fingerprint density at radius 3 is 2.57 bits per heavy atom. The maximum Gasteiger partial charge on any atom is 0.335 e. The molecule has 4 aromatic rings. The topological polar surface area (TPSA) is 88.8 Å². The van der Waals surface area contributed by atoms with Crippen molar-refractivity contribution in [2.75, 3.05) is 11.7 Å². The molecule has 4 heterocycles. The van der Waals surface area contributed by atoms with E-state index in [1.165, 1.54) is 0 Å². The molecule has 8 nitrogen and oxygen atoms in total. The third kappa shape index (κ3) is 3.66. The standard InChI is InChI=1S/C26H20N4O4S/c31-25(32)16-6-8-17(9-7-16)29-13-3-5-20(29)24-23(19-4-1-2-12-27-19)28-26(35)30(24)18-10-11-21-22(14-18)34-15-33-21/h1-14,23-24H,15H2,(H,28,35)(H,31,32)/t23-,24-/m0/s1. The van der Waals surface area contributed by atoms with E-state index in [2.05, 4.69) is 15.2 Å². The van der Waals surface area contributed by atoms with Crippen molar-refractivity contribution in [2.45, 2.75) is 12.1 Å². The number of hydrogen-bond acceptors (Lipinski definition) is 5. The first-order valence-corrected chi connectivity index (χ1v) is 11.4. The molecule has 2 aromatic heterocycles. The number of hydrogen-bond donors (Lipinski definition) is 2. The number of aromatic nitrogens is 2. The first-order valence-electron chi connectivity index (χ1n) is 11.0. The third-order valence-electron chi connectivity index (χ3n) is 6.21. The highest BCUT2D eigenvalue weighted by Gasteiger charge is 2.42. The summed E-state index contributed by atoms with van der Waals surface area (Å²) in [6.45, 7) is 0.191. The molecule has 0 unspecified atom stereocenters. The molecule has 0 bridgehead atoms. The summed E-state index contributed by atoms with van der Waals surface area (Å²) in [5.41, 5.74) is 3.77. The summed E-state index contributed by atoms with van der Waals surface area (Å²) in [7, 11) is 0. The smallest absolute Gasteiger partial charge is 0.335 e. The van der Waals surface area contributed by atoms with Crippen LogP contribution in [0, 0.1) is 0 Å². The highest BCUT2D eigenvalue weighted by atomic mass is 32.1. The second kappa shape index (κ2) is 8.44. The van der Waals surface area contributed by atoms with Gasteiger partial charge in [-0.1, -0.05) is 6.07 Å². The van der Waals surface area contributed by atoms with E-state index in [0.717, 1.165) is 22.8 Å². The number of aromatic carboxylic acids is 1. The summed E-state index contributed by atoms with van der Waals surface area (Å²) in [6, 6.07) is 21.9. The minimum atomic E-state index is -0.959. The number of anilines is 1. The van der Waals surface area contributed by atoms with Crippen LogP contribution in [0.4, 0.5) is 5.69 Å². The monoisotopic (exact) mass is 484 g/mol. The fraction of sp³-hybridized carbons (Fsp3) is 0.115. The number of nitrogens with one attached hydrogen (secondary N) is 1. The molecule has 0 spiro atoms. The van der Waals surface area contributed by atoms with Gasteiger partial charge in [0.1, 0.15) is 6.04 Å². The molecule has 0 aliphatic carbocycles. The lowest BCUT2D eigenvalue weighted by atomic mass is 10.0. The van der Waals surface area contributed by atoms with Gasteiger partial charge < -0.3 is 29.4 Å². The van der Waals surface area contributed by atoms with Gasteiger partial charge in [-0.25, -0.2) is 4.79 Å². The molecule has 35 heavy (non-hydrogen) atoms. The molecule has 9 heteroatoms. The fourth-order valence-electron chi connectivity index (χ4n) is 4.60. The lowest BCUT2D eigenvalue weighted by molar-refractivity contribution is 0.0697. The SMILES string of the molecule is O=C(O)c1ccc(-n2cccc2[C@H]2[C@H](c3ccccn3)NC(=S)N2c2ccc3c(c2)OCO3)cc1. The van der Waals surface area contributed by atoms with Gasteiger partial charge in [-0.2, -0.15) is 0 Å². The Kier molecular flexibility index (Phi) is 5.11. The van der Waals surface area contributed by atoms with Gasteiger partial charge in [0.25, 0.3) is 0 Å². The minimum Gasteiger partial charge on any atom is -0.478 e. The second-order valence-corrected chi connectivity index (χ2v) is 8.58. The lowest BCUT2D eigenvalue weighted by Crippen LogP contribution is -2.30. The van der Waals surface area contributed by atoms with Crippen molar-refractivity contribution in [3.8, 4) is 17.2 Å². The van der Waals surface area contributed by atoms with Crippen molar-refractivity contribution in [3.05, 3.63) is 102 Å². The maximum absolute atomic E-state index is 11.3. The molecule has 6 rings (SSSR count). The lowest BCUT2D eigenvalue weighted by Gasteiger charge is -2.29. The number of fused-ring (bicyclic) bond motifs is 1. The zero-order valence-electron chi connectivity index (χ0n) is 18.4. The number of nitrogens with zero attached hydrogens (tertiary/aromatic N) is 3. The number of carbonyl (C=O) groups is 1. The van der Waals surface area contributed by atoms with Gasteiger partial charge in [-0.15, -0.1) is 0 Å². The molecular formula is C26H20N4O4S. The molecule has 1 fully saturated rings. The predicted octanol–water partition coefficient (Wildman–Crippen LogP) is 4.48. The zero-order chi connectivity index (χ0) is 23.9. The Morgan fingerprint density at radius 1 is 1.00 bits per heavy atom. The van der Waals surface area contributed by atoms with Gasteiger partial charge in [0, 0.05) is 35.5 Å². The first-order chi connectivity index (χ1) is 17.1. The van der Waals surface area contributed by atoms with Crippen molar-refractivity contribution >= 4 is 29.0 Å². The van der Waals surface area contributed by atoms with E-state index in [4.69, 9.17) is 21.7 Å². The number of carboxylic acid groups (broad SMARTS) is 1. The molecule has 2 atom stereocenters. The summed E-state index contributed by atoms with van der Waals surface area (Å²) < 4.78 is 13.2. The van der Waals surface area contributed by atoms with Crippen LogP contribution < -0.4 is 19.7 Å². The molecule has 1 saturated heterocycles. The van der Waals surface area contributed by atoms with Crippen LogP contribution in [0.5, 0.6) is 11.5 Å². The molecule has 2 N–H and O–H groups in total. The van der Waals surface area contributed by atoms with Crippen LogP contribution in [0.1, 0.15) is 33.8 Å². The van der Waals surface area contributed by atoms with Crippen molar-refractivity contribution in [2.24, 2.45) is 0 Å². The first kappa shape index (κ1) is 21.2. The number of thiocarbonyl (C=S) groups is 1. The van der Waals surface area contributed by atoms with Crippen LogP contribution in [-0.2, 0) is 0 Å². The molecule has 0 amide bonds. The summed E-state index contributed by atoms with van der Waals surface area (Å²) in [4.78, 5) is 18.0. The van der Waals surface area contributed by atoms with Gasteiger partial charge in [0.15, 0.2) is 16.6 Å². The van der Waals surface area contributed by atoms with Crippen LogP contribution in [0.15, 0.2) is 85.2 Å². The van der Waals surface area contributed by atoms with E-state index in [1.807, 2.05) is 59.3 Å². The van der Waals surface area contributed by atoms with Gasteiger partial charge in [0.2, 0.25) is 6.79 Å². The van der Waals surface area contributed by atoms with E-state index < -0.39 is 5.97 Å². The highest BCUT2D eigenvalue weighted by Crippen LogP contribution is 2.44. The number of rotatable bonds is 5. The second-order valence-electron chi connectivity index (χ2n) is 8.19. The summed E-state index contributed by atoms with van der Waals surface area (Å²) >= 11 is 5.82. The van der Waals surface area contributed by atoms with Gasteiger partial charge in [-0.3, -0.25) is 4.98 Å². The molecule has 0 radical (unpaired) electrons. The predicted molar refractivity (Wildman–Crippen MR) is 133 cm³/mol. The van der Waals surface area contributed by atoms with Crippen LogP contribution >= 0.6 is 12.2 Å². The molecule has 2 aliphatic rings. The van der Waals surface area contributed by atoms with Crippen molar-refractivity contribution in [1.82, 2.24) is 14.9 Å². The number of benzene rings is 2. The molecule has 0 saturated carbocycles. The van der Waals surface area contributed by atoms with Crippen LogP contribution in [0.25, 0.3) is 5.69 Å². The minimum absolute atomic E-state index is 0.191. The summed E-state index contributed by atoms with van der Waals surface area (Å²) in [6.07, 6.45) is 3.73. The van der Waals surface area contributed by atoms with Crippen LogP contribution in [-0.4, -0.2) is 32.5 Å². The summed E-state index contributed by atoms with van der Waals surface area (Å²) in [5, 5.41) is 13.3. The average molecular weight is 485 g/mol. The van der Waals surface area contributed by atoms with Crippen LogP contribution in [0.3, 0.4) is 0 Å². The van der Waals surface area contributed by atoms with Crippen molar-refractivity contribution in [1.29, 1.82) is 0 Å². The number of carboxylic acids is 1. The van der Waals surface area contributed by atoms with E-state index in [9.17, 15) is 9.90 Å². The Hall–Kier alpha value is -4.37. The Balaban J connectivity index is 1.48. The zero-order valence-corrected chi connectivity index (χ0v) is 19.2. The Morgan fingerprint density at radius 2 is 1.80 bits per heavy atom. The number of ether oxygens (including phenoxy) is 2. The van der Waals surface area contributed by atoms with E-state index in [-0.39, 0.29) is 24.4 Å². The third-order valence-corrected chi connectivity index (χ3v) is 6.52. The molecule has 2 aliphatic heterocycles. The Labute approximate surface area is 206 Å². The molecular weight excluding hydrogens is 464 g/mol. The molecule has 174 valence electrons. The maximum atomic E-state index is 11.3. The van der Waals surface area contributed by atoms with Crippen molar-refractivity contribution < 1.29 is 19.4 Å². The average Bonchev–Trinajstić information content (AvgIpc) is 3.62. The highest BCUT2D eigenvalue weighted by molar-refractivity contribution is 7.80. The summed E-state index contributed by atoms with van der Waals surface area (Å²) in [5.74, 6) is 0.412. The largest absolute Gasteiger partial charge is 0.478 e. The number of pyridine rings is 1. The van der Waals surface area contributed by atoms with E-state index in [1.54, 1.807) is 30.5 Å². The van der Waals surface area contributed by atoms with E-state index >= 15 is 0 Å². The van der Waals surface area contributed by atoms with Gasteiger partial charge in [-0.05, 0) is 72.9 Å². The van der Waals surface area contributed by atoms with E-state index in [0.29, 0.717) is 16.6 Å². The van der Waals surface area contributed by atoms with Gasteiger partial charge >= 0.3 is 5.97 Å². The fourth-order valence-corrected chi connectivity index (χ4v) is 4.95. The van der Waals surface area contributed by atoms with Crippen LogP contribution in [0.2, 0.25) is 0 Å². The Bertz CT molecular complexity index is 1420.